The number of amides is 1. The second-order valence-corrected chi connectivity index (χ2v) is 5.96. The Kier molecular flexibility index (Phi) is 4.94. The van der Waals surface area contributed by atoms with Gasteiger partial charge in [0.1, 0.15) is 5.75 Å². The number of nitrogens with zero attached hydrogens (tertiary/aromatic N) is 1. The van der Waals surface area contributed by atoms with E-state index in [1.54, 1.807) is 12.0 Å². The van der Waals surface area contributed by atoms with Crippen LogP contribution in [0.1, 0.15) is 24.0 Å². The third kappa shape index (κ3) is 3.48. The number of para-hydroxylation sites is 1. The maximum atomic E-state index is 12.4. The highest BCUT2D eigenvalue weighted by Gasteiger charge is 2.28. The summed E-state index contributed by atoms with van der Waals surface area (Å²) in [4.78, 5) is 26.2. The molecule has 0 fully saturated rings. The molecular weight excluding hydrogens is 302 g/mol. The van der Waals surface area contributed by atoms with Gasteiger partial charge in [0.25, 0.3) is 5.91 Å². The summed E-state index contributed by atoms with van der Waals surface area (Å²) in [5.74, 6) is 0.132. The molecule has 2 aromatic carbocycles. The number of fused-ring (bicyclic) bond motifs is 1. The second-order valence-electron chi connectivity index (χ2n) is 5.96. The number of ketones is 1. The van der Waals surface area contributed by atoms with Crippen molar-refractivity contribution in [2.75, 3.05) is 18.6 Å². The lowest BCUT2D eigenvalue weighted by Crippen LogP contribution is -2.35. The van der Waals surface area contributed by atoms with Gasteiger partial charge < -0.3 is 9.64 Å². The highest BCUT2D eigenvalue weighted by Crippen LogP contribution is 2.27. The van der Waals surface area contributed by atoms with Crippen LogP contribution in [0.4, 0.5) is 5.69 Å². The smallest absolute Gasteiger partial charge is 0.294 e. The van der Waals surface area contributed by atoms with Crippen LogP contribution in [0, 0.1) is 0 Å². The van der Waals surface area contributed by atoms with Crippen molar-refractivity contribution in [1.82, 2.24) is 0 Å². The van der Waals surface area contributed by atoms with Gasteiger partial charge in [-0.2, -0.15) is 0 Å². The molecule has 1 aliphatic heterocycles. The number of hydrogen-bond acceptors (Lipinski definition) is 3. The number of carbonyl (C=O) groups excluding carboxylic acids is 2. The molecule has 0 aliphatic carbocycles. The normalized spacial score (nSPS) is 12.8. The SMILES string of the molecule is COc1ccc(CCCC(=O)C(=O)N2CCc3ccccc32)cc1. The van der Waals surface area contributed by atoms with Gasteiger partial charge in [0.2, 0.25) is 5.78 Å². The molecule has 124 valence electrons. The third-order valence-corrected chi connectivity index (χ3v) is 4.40. The molecule has 1 heterocycles. The molecule has 24 heavy (non-hydrogen) atoms. The van der Waals surface area contributed by atoms with Crippen molar-refractivity contribution >= 4 is 17.4 Å². The van der Waals surface area contributed by atoms with Crippen LogP contribution in [0.25, 0.3) is 0 Å². The largest absolute Gasteiger partial charge is 0.497 e. The highest BCUT2D eigenvalue weighted by atomic mass is 16.5. The van der Waals surface area contributed by atoms with Crippen LogP contribution in [-0.4, -0.2) is 25.3 Å². The minimum absolute atomic E-state index is 0.281. The Morgan fingerprint density at radius 2 is 1.83 bits per heavy atom. The number of carbonyl (C=O) groups is 2. The molecule has 0 N–H and O–H groups in total. The summed E-state index contributed by atoms with van der Waals surface area (Å²) in [5, 5.41) is 0. The van der Waals surface area contributed by atoms with E-state index in [0.29, 0.717) is 13.0 Å². The summed E-state index contributed by atoms with van der Waals surface area (Å²) in [7, 11) is 1.63. The van der Waals surface area contributed by atoms with Gasteiger partial charge in [-0.1, -0.05) is 30.3 Å². The van der Waals surface area contributed by atoms with Crippen LogP contribution in [0.15, 0.2) is 48.5 Å². The average Bonchev–Trinajstić information content (AvgIpc) is 3.05. The molecule has 0 unspecified atom stereocenters. The molecule has 3 rings (SSSR count). The molecule has 0 spiro atoms. The minimum atomic E-state index is -0.380. The molecule has 1 aliphatic rings. The van der Waals surface area contributed by atoms with E-state index >= 15 is 0 Å². The van der Waals surface area contributed by atoms with Crippen molar-refractivity contribution < 1.29 is 14.3 Å². The number of anilines is 1. The summed E-state index contributed by atoms with van der Waals surface area (Å²) < 4.78 is 5.12. The number of aryl methyl sites for hydroxylation is 1. The van der Waals surface area contributed by atoms with Gasteiger partial charge >= 0.3 is 0 Å². The standard InChI is InChI=1S/C20H21NO3/c1-24-17-11-9-15(10-12-17)5-4-8-19(22)20(23)21-14-13-16-6-2-3-7-18(16)21/h2-3,6-7,9-12H,4-5,8,13-14H2,1H3. The molecule has 0 bridgehead atoms. The van der Waals surface area contributed by atoms with Crippen molar-refractivity contribution in [2.45, 2.75) is 25.7 Å². The zero-order valence-corrected chi connectivity index (χ0v) is 13.8. The highest BCUT2D eigenvalue weighted by molar-refractivity contribution is 6.41. The van der Waals surface area contributed by atoms with Gasteiger partial charge in [-0.05, 0) is 48.6 Å². The fraction of sp³-hybridized carbons (Fsp3) is 0.300. The van der Waals surface area contributed by atoms with Crippen molar-refractivity contribution in [1.29, 1.82) is 0 Å². The van der Waals surface area contributed by atoms with Crippen LogP contribution < -0.4 is 9.64 Å². The number of ether oxygens (including phenoxy) is 1. The van der Waals surface area contributed by atoms with E-state index < -0.39 is 0 Å². The van der Waals surface area contributed by atoms with E-state index in [4.69, 9.17) is 4.74 Å². The quantitative estimate of drug-likeness (QED) is 0.767. The van der Waals surface area contributed by atoms with Crippen molar-refractivity contribution in [3.05, 3.63) is 59.7 Å². The summed E-state index contributed by atoms with van der Waals surface area (Å²) >= 11 is 0. The van der Waals surface area contributed by atoms with Gasteiger partial charge in [0, 0.05) is 18.7 Å². The topological polar surface area (TPSA) is 46.6 Å². The van der Waals surface area contributed by atoms with Crippen LogP contribution in [0.3, 0.4) is 0 Å². The van der Waals surface area contributed by atoms with Gasteiger partial charge in [0.15, 0.2) is 0 Å². The van der Waals surface area contributed by atoms with Crippen LogP contribution in [0.5, 0.6) is 5.75 Å². The van der Waals surface area contributed by atoms with E-state index in [1.807, 2.05) is 48.5 Å². The van der Waals surface area contributed by atoms with E-state index in [0.717, 1.165) is 35.4 Å². The van der Waals surface area contributed by atoms with Crippen LogP contribution >= 0.6 is 0 Å². The van der Waals surface area contributed by atoms with E-state index in [1.165, 1.54) is 0 Å². The number of methoxy groups -OCH3 is 1. The van der Waals surface area contributed by atoms with Gasteiger partial charge in [0.05, 0.1) is 7.11 Å². The number of rotatable bonds is 6. The first-order chi connectivity index (χ1) is 11.7. The van der Waals surface area contributed by atoms with Crippen LogP contribution in [-0.2, 0) is 22.4 Å². The second kappa shape index (κ2) is 7.30. The van der Waals surface area contributed by atoms with Gasteiger partial charge in [-0.15, -0.1) is 0 Å². The molecule has 0 radical (unpaired) electrons. The van der Waals surface area contributed by atoms with Crippen LogP contribution in [0.2, 0.25) is 0 Å². The molecule has 0 atom stereocenters. The predicted octanol–water partition coefficient (Wildman–Crippen LogP) is 3.18. The molecule has 4 heteroatoms. The Labute approximate surface area is 142 Å². The number of hydrogen-bond donors (Lipinski definition) is 0. The fourth-order valence-corrected chi connectivity index (χ4v) is 3.05. The maximum absolute atomic E-state index is 12.4. The Morgan fingerprint density at radius 1 is 1.08 bits per heavy atom. The van der Waals surface area contributed by atoms with Gasteiger partial charge in [-0.25, -0.2) is 0 Å². The molecule has 0 saturated carbocycles. The molecule has 0 aromatic heterocycles. The van der Waals surface area contributed by atoms with Gasteiger partial charge in [-0.3, -0.25) is 9.59 Å². The summed E-state index contributed by atoms with van der Waals surface area (Å²) in [6.45, 7) is 0.600. The molecular formula is C20H21NO3. The first-order valence-corrected chi connectivity index (χ1v) is 8.24. The Morgan fingerprint density at radius 3 is 2.58 bits per heavy atom. The molecule has 2 aromatic rings. The Balaban J connectivity index is 1.52. The molecule has 1 amide bonds. The fourth-order valence-electron chi connectivity index (χ4n) is 3.05. The first-order valence-electron chi connectivity index (χ1n) is 8.24. The van der Waals surface area contributed by atoms with Crippen molar-refractivity contribution in [2.24, 2.45) is 0 Å². The molecule has 0 saturated heterocycles. The molecule has 4 nitrogen and oxygen atoms in total. The Hall–Kier alpha value is -2.62. The zero-order valence-electron chi connectivity index (χ0n) is 13.8. The lowest BCUT2D eigenvalue weighted by atomic mass is 10.1. The Bertz CT molecular complexity index is 737. The number of Topliss-reactive ketones (excluding diaryl/α,β-unsaturated/α-hetero) is 1. The lowest BCUT2D eigenvalue weighted by molar-refractivity contribution is -0.136. The zero-order chi connectivity index (χ0) is 16.9. The average molecular weight is 323 g/mol. The number of benzene rings is 2. The van der Waals surface area contributed by atoms with Crippen molar-refractivity contribution in [3.63, 3.8) is 0 Å². The third-order valence-electron chi connectivity index (χ3n) is 4.40. The minimum Gasteiger partial charge on any atom is -0.497 e. The lowest BCUT2D eigenvalue weighted by Gasteiger charge is -2.16. The van der Waals surface area contributed by atoms with E-state index in [9.17, 15) is 9.59 Å². The van der Waals surface area contributed by atoms with Crippen molar-refractivity contribution in [3.8, 4) is 5.75 Å². The van der Waals surface area contributed by atoms with E-state index in [2.05, 4.69) is 0 Å². The first kappa shape index (κ1) is 16.2. The summed E-state index contributed by atoms with van der Waals surface area (Å²) in [6, 6.07) is 15.6. The maximum Gasteiger partial charge on any atom is 0.294 e. The summed E-state index contributed by atoms with van der Waals surface area (Å²) in [5.41, 5.74) is 3.16. The van der Waals surface area contributed by atoms with E-state index in [-0.39, 0.29) is 18.1 Å². The predicted molar refractivity (Wildman–Crippen MR) is 93.4 cm³/mol. The summed E-state index contributed by atoms with van der Waals surface area (Å²) in [6.07, 6.45) is 2.55. The monoisotopic (exact) mass is 323 g/mol.